The second-order valence-electron chi connectivity index (χ2n) is 6.90. The van der Waals surface area contributed by atoms with E-state index >= 15 is 0 Å². The van der Waals surface area contributed by atoms with Crippen LogP contribution in [0.15, 0.2) is 52.6 Å². The van der Waals surface area contributed by atoms with Gasteiger partial charge in [0.2, 0.25) is 11.6 Å². The van der Waals surface area contributed by atoms with Crippen molar-refractivity contribution in [1.29, 1.82) is 5.26 Å². The zero-order valence-corrected chi connectivity index (χ0v) is 16.4. The normalized spacial score (nSPS) is 15.2. The Hall–Kier alpha value is -4.52. The van der Waals surface area contributed by atoms with Gasteiger partial charge >= 0.3 is 5.69 Å². The lowest BCUT2D eigenvalue weighted by molar-refractivity contribution is -0.386. The summed E-state index contributed by atoms with van der Waals surface area (Å²) in [6, 6.07) is 11.4. The highest BCUT2D eigenvalue weighted by atomic mass is 16.6. The molecule has 0 saturated carbocycles. The molecule has 0 radical (unpaired) electrons. The van der Waals surface area contributed by atoms with Crippen molar-refractivity contribution >= 4 is 16.6 Å². The highest BCUT2D eigenvalue weighted by molar-refractivity contribution is 5.88. The molecule has 4 rings (SSSR count). The van der Waals surface area contributed by atoms with E-state index in [4.69, 9.17) is 15.2 Å². The third-order valence-electron chi connectivity index (χ3n) is 5.29. The molecule has 31 heavy (non-hydrogen) atoms. The van der Waals surface area contributed by atoms with E-state index in [-0.39, 0.29) is 34.1 Å². The summed E-state index contributed by atoms with van der Waals surface area (Å²) in [5.41, 5.74) is 5.73. The first kappa shape index (κ1) is 19.8. The maximum Gasteiger partial charge on any atom is 0.314 e. The molecule has 1 aromatic heterocycles. The van der Waals surface area contributed by atoms with Crippen LogP contribution in [-0.4, -0.2) is 21.7 Å². The molecule has 0 fully saturated rings. The van der Waals surface area contributed by atoms with Gasteiger partial charge in [0.15, 0.2) is 5.75 Å². The Morgan fingerprint density at radius 3 is 2.71 bits per heavy atom. The smallest absolute Gasteiger partial charge is 0.314 e. The molecule has 0 aliphatic carbocycles. The quantitative estimate of drug-likeness (QED) is 0.483. The predicted molar refractivity (Wildman–Crippen MR) is 110 cm³/mol. The number of allylic oxidation sites excluding steroid dienone is 1. The summed E-state index contributed by atoms with van der Waals surface area (Å²) in [6.45, 7) is 0. The number of aromatic nitrogens is 1. The van der Waals surface area contributed by atoms with E-state index < -0.39 is 27.8 Å². The SMILES string of the molecule is COc1cc([C@H]2C(C#N)=C(N)Oc3c2c(=O)n(C)c2ccccc32)cc([N+](=O)[O-])c1O. The molecule has 1 aliphatic rings. The third kappa shape index (κ3) is 2.83. The number of nitro groups is 1. The van der Waals surface area contributed by atoms with E-state index in [2.05, 4.69) is 0 Å². The van der Waals surface area contributed by atoms with E-state index in [0.717, 1.165) is 6.07 Å². The Labute approximate surface area is 175 Å². The molecular weight excluding hydrogens is 404 g/mol. The van der Waals surface area contributed by atoms with Gasteiger partial charge in [-0.05, 0) is 23.8 Å². The number of aryl methyl sites for hydroxylation is 1. The van der Waals surface area contributed by atoms with Crippen LogP contribution in [-0.2, 0) is 7.05 Å². The topological polar surface area (TPSA) is 154 Å². The van der Waals surface area contributed by atoms with Crippen LogP contribution in [0.5, 0.6) is 17.2 Å². The van der Waals surface area contributed by atoms with Crippen LogP contribution in [0.4, 0.5) is 5.69 Å². The van der Waals surface area contributed by atoms with E-state index in [1.165, 1.54) is 17.7 Å². The molecule has 0 unspecified atom stereocenters. The van der Waals surface area contributed by atoms with Crippen molar-refractivity contribution in [2.24, 2.45) is 12.8 Å². The lowest BCUT2D eigenvalue weighted by Gasteiger charge is -2.27. The van der Waals surface area contributed by atoms with Crippen molar-refractivity contribution in [1.82, 2.24) is 4.57 Å². The van der Waals surface area contributed by atoms with Crippen LogP contribution in [0, 0.1) is 21.4 Å². The van der Waals surface area contributed by atoms with E-state index in [0.29, 0.717) is 10.9 Å². The molecule has 1 atom stereocenters. The number of phenols is 1. The summed E-state index contributed by atoms with van der Waals surface area (Å²) in [6.07, 6.45) is 0. The van der Waals surface area contributed by atoms with Crippen LogP contribution >= 0.6 is 0 Å². The number of nitriles is 1. The molecule has 0 saturated heterocycles. The van der Waals surface area contributed by atoms with Crippen molar-refractivity contribution in [2.45, 2.75) is 5.92 Å². The summed E-state index contributed by atoms with van der Waals surface area (Å²) in [4.78, 5) is 24.0. The number of ether oxygens (including phenoxy) is 2. The lowest BCUT2D eigenvalue weighted by Crippen LogP contribution is -2.31. The first-order valence-corrected chi connectivity index (χ1v) is 9.04. The fraction of sp³-hybridized carbons (Fsp3) is 0.143. The number of hydrogen-bond donors (Lipinski definition) is 2. The number of benzene rings is 2. The zero-order chi connectivity index (χ0) is 22.4. The first-order chi connectivity index (χ1) is 14.8. The summed E-state index contributed by atoms with van der Waals surface area (Å²) in [7, 11) is 2.82. The average molecular weight is 420 g/mol. The summed E-state index contributed by atoms with van der Waals surface area (Å²) in [5.74, 6) is -1.94. The van der Waals surface area contributed by atoms with Crippen molar-refractivity contribution in [3.8, 4) is 23.3 Å². The number of aromatic hydroxyl groups is 1. The largest absolute Gasteiger partial charge is 0.500 e. The molecule has 3 aromatic rings. The summed E-state index contributed by atoms with van der Waals surface area (Å²) < 4.78 is 12.2. The van der Waals surface area contributed by atoms with Gasteiger partial charge in [0, 0.05) is 18.5 Å². The fourth-order valence-corrected chi connectivity index (χ4v) is 3.83. The van der Waals surface area contributed by atoms with E-state index in [1.54, 1.807) is 31.3 Å². The molecule has 156 valence electrons. The molecule has 2 aromatic carbocycles. The minimum Gasteiger partial charge on any atom is -0.500 e. The summed E-state index contributed by atoms with van der Waals surface area (Å²) in [5, 5.41) is 32.0. The van der Waals surface area contributed by atoms with Gasteiger partial charge in [-0.2, -0.15) is 5.26 Å². The highest BCUT2D eigenvalue weighted by Crippen LogP contribution is 2.47. The highest BCUT2D eigenvalue weighted by Gasteiger charge is 2.37. The molecule has 0 bridgehead atoms. The summed E-state index contributed by atoms with van der Waals surface area (Å²) >= 11 is 0. The van der Waals surface area contributed by atoms with Crippen molar-refractivity contribution in [2.75, 3.05) is 7.11 Å². The van der Waals surface area contributed by atoms with Gasteiger partial charge < -0.3 is 24.9 Å². The number of nitrogens with two attached hydrogens (primary N) is 1. The Bertz CT molecular complexity index is 1400. The minimum absolute atomic E-state index is 0.0816. The number of methoxy groups -OCH3 is 1. The van der Waals surface area contributed by atoms with Crippen LogP contribution < -0.4 is 20.8 Å². The van der Waals surface area contributed by atoms with Crippen LogP contribution in [0.2, 0.25) is 0 Å². The van der Waals surface area contributed by atoms with Gasteiger partial charge in [0.25, 0.3) is 5.56 Å². The second kappa shape index (κ2) is 7.07. The molecular formula is C21H16N4O6. The monoisotopic (exact) mass is 420 g/mol. The maximum atomic E-state index is 13.3. The number of phenolic OH excluding ortho intramolecular Hbond substituents is 1. The van der Waals surface area contributed by atoms with Gasteiger partial charge in [-0.25, -0.2) is 0 Å². The van der Waals surface area contributed by atoms with Crippen LogP contribution in [0.3, 0.4) is 0 Å². The Balaban J connectivity index is 2.14. The molecule has 2 heterocycles. The average Bonchev–Trinajstić information content (AvgIpc) is 2.76. The van der Waals surface area contributed by atoms with Crippen LogP contribution in [0.25, 0.3) is 10.9 Å². The number of rotatable bonds is 3. The predicted octanol–water partition coefficient (Wildman–Crippen LogP) is 2.38. The number of pyridine rings is 1. The fourth-order valence-electron chi connectivity index (χ4n) is 3.83. The minimum atomic E-state index is -1.06. The number of nitrogens with zero attached hydrogens (tertiary/aromatic N) is 3. The van der Waals surface area contributed by atoms with Crippen molar-refractivity contribution in [3.05, 3.63) is 79.4 Å². The number of fused-ring (bicyclic) bond motifs is 3. The number of para-hydroxylation sites is 1. The molecule has 10 nitrogen and oxygen atoms in total. The second-order valence-corrected chi connectivity index (χ2v) is 6.90. The van der Waals surface area contributed by atoms with Gasteiger partial charge in [0.1, 0.15) is 17.4 Å². The van der Waals surface area contributed by atoms with E-state index in [9.17, 15) is 25.3 Å². The molecule has 10 heteroatoms. The lowest BCUT2D eigenvalue weighted by atomic mass is 9.83. The molecule has 0 spiro atoms. The Morgan fingerprint density at radius 2 is 2.06 bits per heavy atom. The number of nitro benzene ring substituents is 1. The zero-order valence-electron chi connectivity index (χ0n) is 16.4. The Kier molecular flexibility index (Phi) is 4.51. The van der Waals surface area contributed by atoms with Gasteiger partial charge in [-0.3, -0.25) is 14.9 Å². The number of hydrogen-bond acceptors (Lipinski definition) is 8. The standard InChI is InChI=1S/C21H16N4O6/c1-24-13-6-4-3-5-11(13)19-17(21(24)27)16(12(9-22)20(23)31-19)10-7-14(25(28)29)18(26)15(8-10)30-2/h3-8,16,26H,23H2,1-2H3/t16-/m0/s1. The van der Waals surface area contributed by atoms with Gasteiger partial charge in [-0.1, -0.05) is 12.1 Å². The van der Waals surface area contributed by atoms with Crippen LogP contribution in [0.1, 0.15) is 17.0 Å². The van der Waals surface area contributed by atoms with Gasteiger partial charge in [-0.15, -0.1) is 0 Å². The molecule has 0 amide bonds. The van der Waals surface area contributed by atoms with E-state index in [1.807, 2.05) is 6.07 Å². The van der Waals surface area contributed by atoms with Crippen molar-refractivity contribution in [3.63, 3.8) is 0 Å². The van der Waals surface area contributed by atoms with Crippen molar-refractivity contribution < 1.29 is 19.5 Å². The first-order valence-electron chi connectivity index (χ1n) is 9.04. The van der Waals surface area contributed by atoms with Gasteiger partial charge in [0.05, 0.1) is 29.0 Å². The maximum absolute atomic E-state index is 13.3. The molecule has 3 N–H and O–H groups in total. The Morgan fingerprint density at radius 1 is 1.35 bits per heavy atom. The molecule has 1 aliphatic heterocycles. The third-order valence-corrected chi connectivity index (χ3v) is 5.29.